The number of fused-ring (bicyclic) bond motifs is 1. The number of hydrogen-bond acceptors (Lipinski definition) is 5. The van der Waals surface area contributed by atoms with Gasteiger partial charge in [0.2, 0.25) is 0 Å². The van der Waals surface area contributed by atoms with Crippen LogP contribution in [-0.2, 0) is 0 Å². The standard InChI is InChI=1S/C14H9N3O3S/c18-14(9-5-7-10(8-6-9)17(19)20)15-13-11-3-1-2-4-12(11)21-16-13/h1-8H,(H,15,16,18). The van der Waals surface area contributed by atoms with Crippen LogP contribution >= 0.6 is 11.5 Å². The molecule has 104 valence electrons. The van der Waals surface area contributed by atoms with Crippen molar-refractivity contribution in [1.29, 1.82) is 0 Å². The second-order valence-electron chi connectivity index (χ2n) is 4.29. The summed E-state index contributed by atoms with van der Waals surface area (Å²) in [4.78, 5) is 22.2. The maximum absolute atomic E-state index is 12.1. The summed E-state index contributed by atoms with van der Waals surface area (Å²) in [5, 5.41) is 14.2. The highest BCUT2D eigenvalue weighted by Gasteiger charge is 2.12. The molecule has 1 N–H and O–H groups in total. The fourth-order valence-electron chi connectivity index (χ4n) is 1.89. The minimum absolute atomic E-state index is 0.0503. The Morgan fingerprint density at radius 1 is 1.14 bits per heavy atom. The third-order valence-corrected chi connectivity index (χ3v) is 3.78. The van der Waals surface area contributed by atoms with E-state index in [0.29, 0.717) is 11.4 Å². The van der Waals surface area contributed by atoms with E-state index in [0.717, 1.165) is 10.1 Å². The van der Waals surface area contributed by atoms with Crippen LogP contribution in [0.25, 0.3) is 10.1 Å². The lowest BCUT2D eigenvalue weighted by molar-refractivity contribution is -0.384. The number of nitro benzene ring substituents is 1. The number of benzene rings is 2. The first-order valence-electron chi connectivity index (χ1n) is 6.05. The average molecular weight is 299 g/mol. The molecule has 6 nitrogen and oxygen atoms in total. The largest absolute Gasteiger partial charge is 0.305 e. The van der Waals surface area contributed by atoms with Crippen LogP contribution in [0.4, 0.5) is 11.5 Å². The summed E-state index contributed by atoms with van der Waals surface area (Å²) in [7, 11) is 0. The van der Waals surface area contributed by atoms with Gasteiger partial charge in [0, 0.05) is 23.1 Å². The van der Waals surface area contributed by atoms with Crippen LogP contribution in [-0.4, -0.2) is 15.2 Å². The van der Waals surface area contributed by atoms with E-state index in [-0.39, 0.29) is 11.6 Å². The summed E-state index contributed by atoms with van der Waals surface area (Å²) < 4.78 is 5.19. The van der Waals surface area contributed by atoms with E-state index in [2.05, 4.69) is 9.69 Å². The summed E-state index contributed by atoms with van der Waals surface area (Å²) in [6.45, 7) is 0. The van der Waals surface area contributed by atoms with Gasteiger partial charge >= 0.3 is 0 Å². The number of nitrogens with zero attached hydrogens (tertiary/aromatic N) is 2. The Hall–Kier alpha value is -2.80. The van der Waals surface area contributed by atoms with Gasteiger partial charge in [-0.1, -0.05) is 12.1 Å². The molecule has 0 fully saturated rings. The zero-order chi connectivity index (χ0) is 14.8. The zero-order valence-corrected chi connectivity index (χ0v) is 11.5. The van der Waals surface area contributed by atoms with Gasteiger partial charge in [0.1, 0.15) is 0 Å². The first kappa shape index (κ1) is 13.2. The first-order valence-corrected chi connectivity index (χ1v) is 6.83. The Morgan fingerprint density at radius 3 is 2.57 bits per heavy atom. The lowest BCUT2D eigenvalue weighted by atomic mass is 10.2. The van der Waals surface area contributed by atoms with Gasteiger partial charge in [0.15, 0.2) is 5.82 Å². The molecule has 1 heterocycles. The van der Waals surface area contributed by atoms with Crippen molar-refractivity contribution in [3.8, 4) is 0 Å². The number of carbonyl (C=O) groups is 1. The normalized spacial score (nSPS) is 10.5. The molecule has 2 aromatic carbocycles. The topological polar surface area (TPSA) is 85.1 Å². The quantitative estimate of drug-likeness (QED) is 0.593. The van der Waals surface area contributed by atoms with Gasteiger partial charge in [-0.05, 0) is 35.8 Å². The molecule has 0 aliphatic rings. The van der Waals surface area contributed by atoms with Crippen molar-refractivity contribution in [2.24, 2.45) is 0 Å². The summed E-state index contributed by atoms with van der Waals surface area (Å²) in [6.07, 6.45) is 0. The molecule has 0 saturated heterocycles. The summed E-state index contributed by atoms with van der Waals surface area (Å²) in [6, 6.07) is 13.0. The smallest absolute Gasteiger partial charge is 0.269 e. The van der Waals surface area contributed by atoms with Gasteiger partial charge in [-0.2, -0.15) is 4.37 Å². The maximum Gasteiger partial charge on any atom is 0.269 e. The SMILES string of the molecule is O=C(Nc1nsc2ccccc12)c1ccc([N+](=O)[O-])cc1. The van der Waals surface area contributed by atoms with Crippen molar-refractivity contribution >= 4 is 39.0 Å². The van der Waals surface area contributed by atoms with E-state index in [9.17, 15) is 14.9 Å². The Balaban J connectivity index is 1.84. The molecule has 0 atom stereocenters. The maximum atomic E-state index is 12.1. The van der Waals surface area contributed by atoms with Crippen molar-refractivity contribution in [2.45, 2.75) is 0 Å². The number of rotatable bonds is 3. The minimum atomic E-state index is -0.504. The molecule has 0 aliphatic heterocycles. The lowest BCUT2D eigenvalue weighted by Gasteiger charge is -2.02. The molecule has 3 aromatic rings. The Labute approximate surface area is 123 Å². The van der Waals surface area contributed by atoms with Gasteiger partial charge in [-0.3, -0.25) is 14.9 Å². The van der Waals surface area contributed by atoms with Crippen molar-refractivity contribution in [2.75, 3.05) is 5.32 Å². The fraction of sp³-hybridized carbons (Fsp3) is 0. The summed E-state index contributed by atoms with van der Waals surface area (Å²) >= 11 is 1.30. The van der Waals surface area contributed by atoms with E-state index < -0.39 is 4.92 Å². The Morgan fingerprint density at radius 2 is 1.86 bits per heavy atom. The highest BCUT2D eigenvalue weighted by Crippen LogP contribution is 2.26. The van der Waals surface area contributed by atoms with E-state index >= 15 is 0 Å². The van der Waals surface area contributed by atoms with Crippen molar-refractivity contribution in [1.82, 2.24) is 4.37 Å². The molecule has 0 saturated carbocycles. The number of anilines is 1. The van der Waals surface area contributed by atoms with E-state index in [4.69, 9.17) is 0 Å². The predicted molar refractivity (Wildman–Crippen MR) is 80.7 cm³/mol. The number of aromatic nitrogens is 1. The molecule has 0 unspecified atom stereocenters. The Bertz CT molecular complexity index is 827. The average Bonchev–Trinajstić information content (AvgIpc) is 2.91. The molecule has 0 spiro atoms. The third kappa shape index (κ3) is 2.59. The monoisotopic (exact) mass is 299 g/mol. The van der Waals surface area contributed by atoms with Gasteiger partial charge in [-0.15, -0.1) is 0 Å². The van der Waals surface area contributed by atoms with Crippen LogP contribution in [0.15, 0.2) is 48.5 Å². The lowest BCUT2D eigenvalue weighted by Crippen LogP contribution is -2.12. The van der Waals surface area contributed by atoms with E-state index in [1.165, 1.54) is 35.8 Å². The second kappa shape index (κ2) is 5.29. The van der Waals surface area contributed by atoms with Gasteiger partial charge < -0.3 is 5.32 Å². The van der Waals surface area contributed by atoms with Crippen LogP contribution < -0.4 is 5.32 Å². The van der Waals surface area contributed by atoms with Crippen LogP contribution in [0.3, 0.4) is 0 Å². The number of amides is 1. The predicted octanol–water partition coefficient (Wildman–Crippen LogP) is 3.46. The van der Waals surface area contributed by atoms with E-state index in [1.54, 1.807) is 0 Å². The molecule has 3 rings (SSSR count). The molecule has 1 amide bonds. The van der Waals surface area contributed by atoms with Gasteiger partial charge in [0.25, 0.3) is 11.6 Å². The van der Waals surface area contributed by atoms with Crippen LogP contribution in [0.1, 0.15) is 10.4 Å². The van der Waals surface area contributed by atoms with Crippen LogP contribution in [0.5, 0.6) is 0 Å². The molecule has 0 aliphatic carbocycles. The fourth-order valence-corrected chi connectivity index (χ4v) is 2.63. The number of nitro groups is 1. The Kier molecular flexibility index (Phi) is 3.33. The van der Waals surface area contributed by atoms with Crippen molar-refractivity contribution in [3.63, 3.8) is 0 Å². The highest BCUT2D eigenvalue weighted by molar-refractivity contribution is 7.13. The summed E-state index contributed by atoms with van der Waals surface area (Å²) in [5.41, 5.74) is 0.295. The number of carbonyl (C=O) groups excluding carboxylic acids is 1. The first-order chi connectivity index (χ1) is 10.1. The highest BCUT2D eigenvalue weighted by atomic mass is 32.1. The minimum Gasteiger partial charge on any atom is -0.305 e. The summed E-state index contributed by atoms with van der Waals surface area (Å²) in [5.74, 6) is 0.153. The van der Waals surface area contributed by atoms with Crippen molar-refractivity contribution in [3.05, 3.63) is 64.2 Å². The van der Waals surface area contributed by atoms with E-state index in [1.807, 2.05) is 24.3 Å². The molecule has 7 heteroatoms. The van der Waals surface area contributed by atoms with Gasteiger partial charge in [0.05, 0.1) is 9.62 Å². The number of non-ortho nitro benzene ring substituents is 1. The van der Waals surface area contributed by atoms with Gasteiger partial charge in [-0.25, -0.2) is 0 Å². The van der Waals surface area contributed by atoms with Crippen LogP contribution in [0.2, 0.25) is 0 Å². The molecular formula is C14H9N3O3S. The zero-order valence-electron chi connectivity index (χ0n) is 10.6. The number of nitrogens with one attached hydrogen (secondary N) is 1. The second-order valence-corrected chi connectivity index (χ2v) is 5.09. The molecule has 0 radical (unpaired) electrons. The molecule has 0 bridgehead atoms. The van der Waals surface area contributed by atoms with Crippen molar-refractivity contribution < 1.29 is 9.72 Å². The third-order valence-electron chi connectivity index (χ3n) is 2.95. The van der Waals surface area contributed by atoms with Crippen LogP contribution in [0, 0.1) is 10.1 Å². The molecule has 21 heavy (non-hydrogen) atoms. The molecular weight excluding hydrogens is 290 g/mol. The number of hydrogen-bond donors (Lipinski definition) is 1. The molecule has 1 aromatic heterocycles.